The smallest absolute Gasteiger partial charge is 0.239 e. The fraction of sp³-hybridized carbons (Fsp3) is 0.304. The van der Waals surface area contributed by atoms with Gasteiger partial charge in [-0.15, -0.1) is 11.3 Å². The molecule has 0 fully saturated rings. The van der Waals surface area contributed by atoms with Crippen molar-refractivity contribution in [1.29, 1.82) is 0 Å². The van der Waals surface area contributed by atoms with Crippen LogP contribution in [0.2, 0.25) is 19.5 Å². The Labute approximate surface area is 758 Å². The number of ether oxygens (including phenoxy) is 4. The third-order valence-corrected chi connectivity index (χ3v) is 32.7. The molecule has 0 bridgehead atoms. The number of hydrogen-bond acceptors (Lipinski definition) is 27. The molecule has 5 aliphatic rings. The summed E-state index contributed by atoms with van der Waals surface area (Å²) in [6.07, 6.45) is 2.99. The van der Waals surface area contributed by atoms with E-state index in [4.69, 9.17) is 94.0 Å². The SMILES string of the molecule is C=S1(=O)C[C@@](C)(c2cc(Br)sc2Cl)N=C(N)N1C.CN1C(N)=N[C@](C)(c2cc(COc3ccc(Cl)cn3)ccc2F)CS1(=O)=O.CN1C(N)=N[C@](C)(c2cc(COc3cccc(Cl)n3)ccc2F)CS1(=O)=O.CN1C(N)=N[C@](C)(c2cc(COc3cccc(F)c3)ccc2F)CS1(=O)=O.CN1C(N)=N[C@](C)(c2cc(COc3ncccc3Cl)ccc2F)CS1(=O)=O. The maximum atomic E-state index is 14.5. The average molecular weight is 2000 g/mol. The van der Waals surface area contributed by atoms with Crippen LogP contribution in [0.25, 0.3) is 0 Å². The lowest BCUT2D eigenvalue weighted by molar-refractivity contribution is 0.293. The third kappa shape index (κ3) is 23.3. The largest absolute Gasteiger partial charge is 0.489 e. The van der Waals surface area contributed by atoms with Gasteiger partial charge in [-0.2, -0.15) is 0 Å². The van der Waals surface area contributed by atoms with Crippen molar-refractivity contribution < 1.29 is 78.8 Å². The third-order valence-electron chi connectivity index (χ3n) is 20.1. The summed E-state index contributed by atoms with van der Waals surface area (Å²) in [5.74, 6) is 0.438. The molecule has 0 radical (unpaired) electrons. The Balaban J connectivity index is 0.000000165. The summed E-state index contributed by atoms with van der Waals surface area (Å²) in [6, 6.07) is 36.3. The van der Waals surface area contributed by atoms with Crippen molar-refractivity contribution in [3.8, 4) is 23.4 Å². The van der Waals surface area contributed by atoms with Gasteiger partial charge in [-0.25, -0.2) is 117 Å². The first kappa shape index (κ1) is 98.1. The highest BCUT2D eigenvalue weighted by atomic mass is 79.9. The number of nitrogens with two attached hydrogens (primary N) is 5. The van der Waals surface area contributed by atoms with Gasteiger partial charge in [0.1, 0.15) is 99.1 Å². The molecule has 126 heavy (non-hydrogen) atoms. The van der Waals surface area contributed by atoms with E-state index >= 15 is 0 Å². The highest BCUT2D eigenvalue weighted by molar-refractivity contribution is 9.11. The van der Waals surface area contributed by atoms with E-state index in [9.17, 15) is 59.8 Å². The number of aromatic nitrogens is 3. The van der Waals surface area contributed by atoms with Crippen molar-refractivity contribution in [1.82, 2.24) is 36.5 Å². The molecule has 0 amide bonds. The Morgan fingerprint density at radius 2 is 0.802 bits per heavy atom. The van der Waals surface area contributed by atoms with Gasteiger partial charge in [0, 0.05) is 93.6 Å². The molecule has 5 aliphatic heterocycles. The summed E-state index contributed by atoms with van der Waals surface area (Å²) in [4.78, 5) is 33.4. The Hall–Kier alpha value is -10.1. The van der Waals surface area contributed by atoms with Crippen LogP contribution in [0.1, 0.15) is 84.7 Å². The number of rotatable bonds is 17. The molecular formula is C79H86BrCl4F5N18O13S6. The van der Waals surface area contributed by atoms with Crippen molar-refractivity contribution in [3.63, 3.8) is 0 Å². The number of halogens is 10. The number of hydrogen-bond donors (Lipinski definition) is 5. The van der Waals surface area contributed by atoms with Crippen LogP contribution in [-0.2, 0) is 104 Å². The Kier molecular flexibility index (Phi) is 29.9. The zero-order valence-electron chi connectivity index (χ0n) is 68.8. The second kappa shape index (κ2) is 38.5. The van der Waals surface area contributed by atoms with E-state index in [1.807, 2.05) is 13.0 Å². The predicted molar refractivity (Wildman–Crippen MR) is 483 cm³/mol. The Bertz CT molecular complexity index is 6270. The molecule has 14 rings (SSSR count). The lowest BCUT2D eigenvalue weighted by Gasteiger charge is -2.37. The highest BCUT2D eigenvalue weighted by Crippen LogP contribution is 2.44. The fourth-order valence-electron chi connectivity index (χ4n) is 13.1. The van der Waals surface area contributed by atoms with Gasteiger partial charge < -0.3 is 47.6 Å². The van der Waals surface area contributed by atoms with Crippen molar-refractivity contribution in [2.75, 3.05) is 64.0 Å². The van der Waals surface area contributed by atoms with Crippen molar-refractivity contribution in [2.45, 2.75) is 88.7 Å². The highest BCUT2D eigenvalue weighted by Gasteiger charge is 2.47. The number of thiophene rings is 1. The maximum Gasteiger partial charge on any atom is 0.239 e. The van der Waals surface area contributed by atoms with E-state index in [1.165, 1.54) is 157 Å². The molecule has 676 valence electrons. The van der Waals surface area contributed by atoms with E-state index in [2.05, 4.69) is 61.7 Å². The molecule has 31 nitrogen and oxygen atoms in total. The number of aliphatic imine (C=N–C) groups is 5. The molecular weight excluding hydrogens is 1920 g/mol. The topological polar surface area (TPSA) is 437 Å². The second-order valence-electron chi connectivity index (χ2n) is 30.0. The summed E-state index contributed by atoms with van der Waals surface area (Å²) in [5, 5.41) is 1.13. The molecule has 1 unspecified atom stereocenters. The van der Waals surface area contributed by atoms with Crippen LogP contribution in [0, 0.1) is 29.1 Å². The fourth-order valence-corrected chi connectivity index (χ4v) is 23.3. The molecule has 0 aliphatic carbocycles. The summed E-state index contributed by atoms with van der Waals surface area (Å²) >= 11 is 28.6. The summed E-state index contributed by atoms with van der Waals surface area (Å²) in [5.41, 5.74) is 26.4. The Morgan fingerprint density at radius 1 is 0.429 bits per heavy atom. The summed E-state index contributed by atoms with van der Waals surface area (Å²) < 4.78 is 211. The molecule has 0 spiro atoms. The predicted octanol–water partition coefficient (Wildman–Crippen LogP) is 11.4. The Morgan fingerprint density at radius 3 is 1.15 bits per heavy atom. The van der Waals surface area contributed by atoms with Gasteiger partial charge in [0.25, 0.3) is 0 Å². The second-order valence-corrected chi connectivity index (χ2v) is 44.7. The number of benzene rings is 5. The zero-order chi connectivity index (χ0) is 93.0. The van der Waals surface area contributed by atoms with Crippen LogP contribution in [0.5, 0.6) is 23.4 Å². The summed E-state index contributed by atoms with van der Waals surface area (Å²) in [6.45, 7) is 8.33. The van der Waals surface area contributed by atoms with Crippen LogP contribution >= 0.6 is 73.7 Å². The maximum absolute atomic E-state index is 14.5. The molecule has 10 N–H and O–H groups in total. The molecule has 4 aromatic heterocycles. The number of nitrogens with zero attached hydrogens (tertiary/aromatic N) is 13. The van der Waals surface area contributed by atoms with Crippen molar-refractivity contribution in [3.05, 3.63) is 260 Å². The van der Waals surface area contributed by atoms with Crippen molar-refractivity contribution >= 4 is 159 Å². The van der Waals surface area contributed by atoms with Gasteiger partial charge in [0.2, 0.25) is 87.5 Å². The van der Waals surface area contributed by atoms with E-state index in [1.54, 1.807) is 73.9 Å². The lowest BCUT2D eigenvalue weighted by atomic mass is 9.92. The van der Waals surface area contributed by atoms with E-state index < -0.39 is 130 Å². The quantitative estimate of drug-likeness (QED) is 0.0321. The van der Waals surface area contributed by atoms with Crippen LogP contribution in [0.15, 0.2) is 187 Å². The monoisotopic (exact) mass is 2000 g/mol. The number of pyridine rings is 3. The van der Waals surface area contributed by atoms with Crippen LogP contribution in [0.4, 0.5) is 22.0 Å². The molecule has 5 aromatic carbocycles. The number of guanidine groups is 5. The minimum absolute atomic E-state index is 0.0542. The minimum atomic E-state index is -3.72. The lowest BCUT2D eigenvalue weighted by Crippen LogP contribution is -2.50. The van der Waals surface area contributed by atoms with E-state index in [0.29, 0.717) is 65.1 Å². The molecule has 47 heteroatoms. The standard InChI is InChI=1S/C18H19F2N3O3S.3C17H18ClFN4O3S.C10H13BrClN3OS2/c1-18(11-27(24,25)23(2)17(21)22-18)15-8-12(6-7-16(15)20)10-26-14-5-3-4-13(19)9-14;1-17(10-27(24,25)23(2)16(20)22-17)13-7-11(3-5-14(13)19)9-26-15-6-4-12(18)8-21-15;1-17(10-27(24,25)23(2)16(20)22-17)12-8-11(5-6-14(12)19)9-26-15-13(18)4-3-7-21-15;1-17(10-27(24,25)23(2)16(20)22-17)12-8-11(6-7-13(12)19)9-26-15-5-3-4-14(18)21-15;1-10(6-4-7(11)17-8(6)12)5-18(3,16)15(2)9(13)14-10/h3-9H,10-11H2,1-2H3,(H2,21,22);3*3-8H,9-10H2,1-2H3,(H2,20,22);4H,3,5H2,1-2H3,(H2,13,14)/t18-;3*17-;10-,18?/m00000/s1. The number of sulfonamides is 4. The van der Waals surface area contributed by atoms with E-state index in [-0.39, 0.29) is 84.4 Å². The van der Waals surface area contributed by atoms with Gasteiger partial charge in [-0.3, -0.25) is 4.31 Å². The van der Waals surface area contributed by atoms with Crippen LogP contribution in [-0.4, -0.2) is 174 Å². The van der Waals surface area contributed by atoms with Crippen LogP contribution < -0.4 is 47.6 Å². The molecule has 9 aromatic rings. The van der Waals surface area contributed by atoms with Gasteiger partial charge in [-0.1, -0.05) is 82.8 Å². The van der Waals surface area contributed by atoms with Gasteiger partial charge in [0.05, 0.1) is 51.6 Å². The van der Waals surface area contributed by atoms with Gasteiger partial charge in [-0.05, 0) is 170 Å². The van der Waals surface area contributed by atoms with Crippen molar-refractivity contribution in [2.24, 2.45) is 53.6 Å². The average Bonchev–Trinajstić information content (AvgIpc) is 0.799. The van der Waals surface area contributed by atoms with Gasteiger partial charge in [0.15, 0.2) is 0 Å². The first-order valence-electron chi connectivity index (χ1n) is 37.0. The normalized spacial score (nSPS) is 23.2. The zero-order valence-corrected chi connectivity index (χ0v) is 78.3. The molecule has 6 atom stereocenters. The summed E-state index contributed by atoms with van der Waals surface area (Å²) in [7, 11) is -10.4. The molecule has 0 saturated carbocycles. The molecule has 0 saturated heterocycles. The minimum Gasteiger partial charge on any atom is -0.489 e. The first-order valence-corrected chi connectivity index (χ1v) is 48.5. The van der Waals surface area contributed by atoms with Gasteiger partial charge >= 0.3 is 0 Å². The van der Waals surface area contributed by atoms with Crippen LogP contribution in [0.3, 0.4) is 0 Å². The first-order chi connectivity index (χ1) is 58.6. The van der Waals surface area contributed by atoms with E-state index in [0.717, 1.165) is 26.6 Å². The molecule has 9 heterocycles.